The van der Waals surface area contributed by atoms with Crippen LogP contribution in [0, 0.1) is 5.92 Å². The van der Waals surface area contributed by atoms with Gasteiger partial charge in [0.25, 0.3) is 0 Å². The van der Waals surface area contributed by atoms with Crippen LogP contribution in [-0.2, 0) is 10.2 Å². The largest absolute Gasteiger partial charge is 0.381 e. The van der Waals surface area contributed by atoms with Crippen molar-refractivity contribution in [3.8, 4) is 0 Å². The number of likely N-dealkylation sites (tertiary alicyclic amines) is 1. The molecule has 1 fully saturated rings. The number of nitrogens with zero attached hydrogens (tertiary/aromatic N) is 2. The van der Waals surface area contributed by atoms with Gasteiger partial charge in [0, 0.05) is 37.1 Å². The van der Waals surface area contributed by atoms with Crippen LogP contribution in [0.4, 0.5) is 10.6 Å². The Bertz CT molecular complexity index is 493. The van der Waals surface area contributed by atoms with E-state index in [1.165, 1.54) is 0 Å². The van der Waals surface area contributed by atoms with Crippen LogP contribution in [0.1, 0.15) is 46.3 Å². The zero-order valence-electron chi connectivity index (χ0n) is 14.0. The first-order valence-electron chi connectivity index (χ1n) is 8.01. The smallest absolute Gasteiger partial charge is 0.323 e. The Morgan fingerprint density at radius 1 is 1.55 bits per heavy atom. The lowest BCUT2D eigenvalue weighted by Crippen LogP contribution is -2.43. The van der Waals surface area contributed by atoms with Crippen molar-refractivity contribution in [3.05, 3.63) is 11.8 Å². The summed E-state index contributed by atoms with van der Waals surface area (Å²) in [4.78, 5) is 14.2. The van der Waals surface area contributed by atoms with Gasteiger partial charge in [-0.05, 0) is 19.8 Å². The lowest BCUT2D eigenvalue weighted by Gasteiger charge is -2.32. The topological polar surface area (TPSA) is 67.6 Å². The summed E-state index contributed by atoms with van der Waals surface area (Å²) in [5, 5.41) is 6.75. The monoisotopic (exact) mass is 309 g/mol. The summed E-state index contributed by atoms with van der Waals surface area (Å²) in [6.07, 6.45) is 2.12. The number of amides is 2. The second-order valence-corrected chi connectivity index (χ2v) is 6.87. The molecule has 2 rings (SSSR count). The van der Waals surface area contributed by atoms with Gasteiger partial charge >= 0.3 is 6.03 Å². The van der Waals surface area contributed by atoms with E-state index >= 15 is 0 Å². The van der Waals surface area contributed by atoms with Crippen LogP contribution in [0.25, 0.3) is 0 Å². The molecule has 1 aromatic rings. The third-order valence-electron chi connectivity index (χ3n) is 3.85. The van der Waals surface area contributed by atoms with E-state index in [0.29, 0.717) is 11.7 Å². The molecule has 22 heavy (non-hydrogen) atoms. The van der Waals surface area contributed by atoms with Gasteiger partial charge in [-0.3, -0.25) is 5.32 Å². The Balaban J connectivity index is 1.90. The predicted octanol–water partition coefficient (Wildman–Crippen LogP) is 3.25. The quantitative estimate of drug-likeness (QED) is 0.927. The number of rotatable bonds is 4. The van der Waals surface area contributed by atoms with Crippen molar-refractivity contribution in [2.24, 2.45) is 5.92 Å². The Labute approximate surface area is 132 Å². The summed E-state index contributed by atoms with van der Waals surface area (Å²) >= 11 is 0. The Hall–Kier alpha value is -1.56. The molecule has 1 saturated heterocycles. The summed E-state index contributed by atoms with van der Waals surface area (Å²) < 4.78 is 10.8. The number of carbonyl (C=O) groups excluding carboxylic acids is 1. The minimum absolute atomic E-state index is 0.116. The maximum Gasteiger partial charge on any atom is 0.323 e. The van der Waals surface area contributed by atoms with E-state index in [1.54, 1.807) is 6.07 Å². The van der Waals surface area contributed by atoms with Crippen molar-refractivity contribution in [2.75, 3.05) is 31.6 Å². The number of ether oxygens (including phenoxy) is 1. The van der Waals surface area contributed by atoms with Crippen molar-refractivity contribution in [1.82, 2.24) is 10.1 Å². The number of anilines is 1. The Morgan fingerprint density at radius 3 is 2.95 bits per heavy atom. The number of hydrogen-bond acceptors (Lipinski definition) is 4. The molecule has 6 nitrogen and oxygen atoms in total. The van der Waals surface area contributed by atoms with Crippen molar-refractivity contribution >= 4 is 11.8 Å². The van der Waals surface area contributed by atoms with E-state index < -0.39 is 0 Å². The molecular weight excluding hydrogens is 282 g/mol. The fourth-order valence-electron chi connectivity index (χ4n) is 2.55. The zero-order chi connectivity index (χ0) is 16.2. The lowest BCUT2D eigenvalue weighted by atomic mass is 9.93. The highest BCUT2D eigenvalue weighted by Crippen LogP contribution is 2.25. The minimum Gasteiger partial charge on any atom is -0.381 e. The molecule has 0 unspecified atom stereocenters. The van der Waals surface area contributed by atoms with Gasteiger partial charge in [-0.1, -0.05) is 25.9 Å². The van der Waals surface area contributed by atoms with Crippen molar-refractivity contribution in [1.29, 1.82) is 0 Å². The summed E-state index contributed by atoms with van der Waals surface area (Å²) in [6.45, 7) is 11.1. The van der Waals surface area contributed by atoms with Gasteiger partial charge in [0.15, 0.2) is 5.82 Å². The van der Waals surface area contributed by atoms with Gasteiger partial charge in [-0.25, -0.2) is 4.79 Å². The third kappa shape index (κ3) is 4.47. The summed E-state index contributed by atoms with van der Waals surface area (Å²) in [5.41, 5.74) is -0.121. The molecule has 1 aromatic heterocycles. The predicted molar refractivity (Wildman–Crippen MR) is 85.0 cm³/mol. The number of nitrogens with one attached hydrogen (secondary N) is 1. The molecule has 2 amide bonds. The maximum absolute atomic E-state index is 12.3. The first kappa shape index (κ1) is 16.8. The second kappa shape index (κ2) is 7.13. The van der Waals surface area contributed by atoms with E-state index in [0.717, 1.165) is 44.9 Å². The molecule has 2 heterocycles. The number of aromatic nitrogens is 1. The highest BCUT2D eigenvalue weighted by Gasteiger charge is 2.25. The minimum atomic E-state index is -0.121. The van der Waals surface area contributed by atoms with Crippen molar-refractivity contribution in [3.63, 3.8) is 0 Å². The van der Waals surface area contributed by atoms with E-state index in [1.807, 2.05) is 32.6 Å². The molecule has 0 aromatic carbocycles. The number of carbonyl (C=O) groups is 1. The molecule has 0 bridgehead atoms. The fourth-order valence-corrected chi connectivity index (χ4v) is 2.55. The van der Waals surface area contributed by atoms with Gasteiger partial charge < -0.3 is 14.2 Å². The van der Waals surface area contributed by atoms with Crippen molar-refractivity contribution in [2.45, 2.75) is 46.0 Å². The van der Waals surface area contributed by atoms with Gasteiger partial charge in [-0.2, -0.15) is 0 Å². The molecule has 0 aliphatic carbocycles. The van der Waals surface area contributed by atoms with Gasteiger partial charge in [0.05, 0.1) is 6.61 Å². The van der Waals surface area contributed by atoms with Crippen LogP contribution < -0.4 is 5.32 Å². The van der Waals surface area contributed by atoms with Gasteiger partial charge in [0.2, 0.25) is 0 Å². The standard InChI is InChI=1S/C16H27N3O3/c1-5-21-11-12-7-6-8-19(10-12)15(20)17-14-9-13(22-18-14)16(2,3)4/h9,12H,5-8,10-11H2,1-4H3,(H,17,18,20)/t12-/m1/s1. The van der Waals surface area contributed by atoms with Crippen molar-refractivity contribution < 1.29 is 14.1 Å². The van der Waals surface area contributed by atoms with E-state index in [-0.39, 0.29) is 11.4 Å². The first-order valence-corrected chi connectivity index (χ1v) is 8.01. The van der Waals surface area contributed by atoms with E-state index in [2.05, 4.69) is 10.5 Å². The number of piperidine rings is 1. The van der Waals surface area contributed by atoms with E-state index in [9.17, 15) is 4.79 Å². The normalized spacial score (nSPS) is 19.3. The van der Waals surface area contributed by atoms with Gasteiger partial charge in [0.1, 0.15) is 5.76 Å². The highest BCUT2D eigenvalue weighted by atomic mass is 16.5. The van der Waals surface area contributed by atoms with Crippen LogP contribution in [0.2, 0.25) is 0 Å². The molecule has 1 N–H and O–H groups in total. The molecule has 1 aliphatic rings. The Kier molecular flexibility index (Phi) is 5.45. The molecule has 1 aliphatic heterocycles. The van der Waals surface area contributed by atoms with Crippen LogP contribution in [0.5, 0.6) is 0 Å². The summed E-state index contributed by atoms with van der Waals surface area (Å²) in [5.74, 6) is 1.65. The average Bonchev–Trinajstić information content (AvgIpc) is 2.94. The first-order chi connectivity index (χ1) is 10.4. The summed E-state index contributed by atoms with van der Waals surface area (Å²) in [7, 11) is 0. The molecular formula is C16H27N3O3. The van der Waals surface area contributed by atoms with Crippen LogP contribution in [0.15, 0.2) is 10.6 Å². The number of urea groups is 1. The zero-order valence-corrected chi connectivity index (χ0v) is 14.0. The van der Waals surface area contributed by atoms with Crippen LogP contribution in [0.3, 0.4) is 0 Å². The fraction of sp³-hybridized carbons (Fsp3) is 0.750. The molecule has 0 saturated carbocycles. The molecule has 124 valence electrons. The Morgan fingerprint density at radius 2 is 2.32 bits per heavy atom. The van der Waals surface area contributed by atoms with Gasteiger partial charge in [-0.15, -0.1) is 0 Å². The molecule has 0 radical (unpaired) electrons. The molecule has 0 spiro atoms. The summed E-state index contributed by atoms with van der Waals surface area (Å²) in [6, 6.07) is 1.68. The maximum atomic E-state index is 12.3. The molecule has 1 atom stereocenters. The van der Waals surface area contributed by atoms with Crippen LogP contribution in [-0.4, -0.2) is 42.4 Å². The number of hydrogen-bond donors (Lipinski definition) is 1. The third-order valence-corrected chi connectivity index (χ3v) is 3.85. The second-order valence-electron chi connectivity index (χ2n) is 6.87. The average molecular weight is 309 g/mol. The SMILES string of the molecule is CCOC[C@@H]1CCCN(C(=O)Nc2cc(C(C)(C)C)on2)C1. The van der Waals surface area contributed by atoms with E-state index in [4.69, 9.17) is 9.26 Å². The highest BCUT2D eigenvalue weighted by molar-refractivity contribution is 5.88. The van der Waals surface area contributed by atoms with Crippen LogP contribution >= 0.6 is 0 Å². The molecule has 6 heteroatoms. The lowest BCUT2D eigenvalue weighted by molar-refractivity contribution is 0.0777.